The van der Waals surface area contributed by atoms with Crippen LogP contribution in [0.15, 0.2) is 148 Å². The van der Waals surface area contributed by atoms with Gasteiger partial charge in [0.1, 0.15) is 5.70 Å². The number of nitrogens with one attached hydrogen (secondary N) is 2. The number of thioether (sulfide) groups is 1. The Balaban J connectivity index is 1.11. The van der Waals surface area contributed by atoms with Crippen molar-refractivity contribution in [3.05, 3.63) is 154 Å². The van der Waals surface area contributed by atoms with E-state index in [0.717, 1.165) is 4.90 Å². The van der Waals surface area contributed by atoms with Gasteiger partial charge in [-0.25, -0.2) is 4.90 Å². The zero-order valence-electron chi connectivity index (χ0n) is 26.1. The molecule has 5 aromatic carbocycles. The van der Waals surface area contributed by atoms with Crippen LogP contribution < -0.4 is 15.5 Å². The van der Waals surface area contributed by atoms with Gasteiger partial charge in [-0.15, -0.1) is 11.8 Å². The fourth-order valence-electron chi connectivity index (χ4n) is 4.96. The molecule has 1 unspecified atom stereocenters. The highest BCUT2D eigenvalue weighted by atomic mass is 35.5. The average molecular weight is 721 g/mol. The van der Waals surface area contributed by atoms with Crippen LogP contribution in [0.25, 0.3) is 6.08 Å². The number of hydrogen-bond donors (Lipinski definition) is 2. The third-order valence-electron chi connectivity index (χ3n) is 7.45. The number of azo groups is 1. The number of carbonyl (C=O) groups excluding carboxylic acids is 4. The predicted octanol–water partition coefficient (Wildman–Crippen LogP) is 9.24. The molecule has 0 radical (unpaired) electrons. The lowest BCUT2D eigenvalue weighted by Crippen LogP contribution is -2.31. The summed E-state index contributed by atoms with van der Waals surface area (Å²) in [4.78, 5) is 54.5. The molecule has 4 amide bonds. The second-order valence-corrected chi connectivity index (χ2v) is 13.0. The first-order valence-corrected chi connectivity index (χ1v) is 16.9. The molecule has 0 saturated carbocycles. The van der Waals surface area contributed by atoms with Gasteiger partial charge in [-0.05, 0) is 90.5 Å². The largest absolute Gasteiger partial charge is 0.321 e. The molecule has 1 atom stereocenters. The highest BCUT2D eigenvalue weighted by Crippen LogP contribution is 2.35. The molecule has 6 rings (SSSR count). The van der Waals surface area contributed by atoms with E-state index in [4.69, 9.17) is 23.2 Å². The van der Waals surface area contributed by atoms with E-state index in [1.54, 1.807) is 97.1 Å². The number of imide groups is 1. The van der Waals surface area contributed by atoms with Crippen molar-refractivity contribution in [3.8, 4) is 0 Å². The summed E-state index contributed by atoms with van der Waals surface area (Å²) in [6.45, 7) is 0. The molecule has 50 heavy (non-hydrogen) atoms. The third-order valence-corrected chi connectivity index (χ3v) is 9.48. The molecule has 248 valence electrons. The van der Waals surface area contributed by atoms with Gasteiger partial charge in [-0.2, -0.15) is 10.2 Å². The van der Waals surface area contributed by atoms with Crippen molar-refractivity contribution >= 4 is 87.4 Å². The maximum Gasteiger partial charge on any atom is 0.272 e. The topological polar surface area (TPSA) is 120 Å². The van der Waals surface area contributed by atoms with Gasteiger partial charge in [0.25, 0.3) is 11.8 Å². The third kappa shape index (κ3) is 8.35. The van der Waals surface area contributed by atoms with Crippen molar-refractivity contribution < 1.29 is 19.2 Å². The summed E-state index contributed by atoms with van der Waals surface area (Å²) in [6.07, 6.45) is 1.49. The standard InChI is InChI=1S/C38H27Cl2N5O4S/c39-31-13-7-10-25(35(31)40)22-32(42-36(47)24-8-3-1-4-9-24)37(48)41-26-16-20-30(21-17-26)50-33-23-34(46)45(38(33)49)29-18-14-28(15-19-29)44-43-27-11-5-2-6-12-27/h1-22,33H,23H2,(H,41,48)(H,42,47)/b32-22-,44-43?. The molecule has 5 aromatic rings. The van der Waals surface area contributed by atoms with Gasteiger partial charge >= 0.3 is 0 Å². The molecule has 0 spiro atoms. The van der Waals surface area contributed by atoms with Gasteiger partial charge in [0.15, 0.2) is 0 Å². The monoisotopic (exact) mass is 719 g/mol. The van der Waals surface area contributed by atoms with Crippen molar-refractivity contribution in [2.45, 2.75) is 16.6 Å². The minimum absolute atomic E-state index is 0.0405. The average Bonchev–Trinajstić information content (AvgIpc) is 3.42. The van der Waals surface area contributed by atoms with Gasteiger partial charge in [0.05, 0.1) is 32.4 Å². The van der Waals surface area contributed by atoms with Crippen LogP contribution in [-0.2, 0) is 14.4 Å². The van der Waals surface area contributed by atoms with E-state index in [1.165, 1.54) is 22.7 Å². The molecule has 1 aliphatic rings. The number of amides is 4. The minimum atomic E-state index is -0.620. The number of carbonyl (C=O) groups is 4. The van der Waals surface area contributed by atoms with Gasteiger partial charge in [0.2, 0.25) is 11.8 Å². The number of nitrogens with zero attached hydrogens (tertiary/aromatic N) is 3. The summed E-state index contributed by atoms with van der Waals surface area (Å²) in [5.41, 5.74) is 2.96. The normalized spacial score (nSPS) is 14.6. The number of benzene rings is 5. The summed E-state index contributed by atoms with van der Waals surface area (Å²) < 4.78 is 0. The number of hydrogen-bond acceptors (Lipinski definition) is 7. The molecule has 0 aliphatic carbocycles. The first-order valence-electron chi connectivity index (χ1n) is 15.3. The van der Waals surface area contributed by atoms with Crippen LogP contribution in [0.3, 0.4) is 0 Å². The van der Waals surface area contributed by atoms with Gasteiger partial charge in [0, 0.05) is 22.6 Å². The van der Waals surface area contributed by atoms with E-state index in [2.05, 4.69) is 20.9 Å². The smallest absolute Gasteiger partial charge is 0.272 e. The van der Waals surface area contributed by atoms with Crippen molar-refractivity contribution in [1.82, 2.24) is 5.32 Å². The molecule has 0 aromatic heterocycles. The van der Waals surface area contributed by atoms with Gasteiger partial charge in [-0.3, -0.25) is 19.2 Å². The zero-order valence-corrected chi connectivity index (χ0v) is 28.5. The van der Waals surface area contributed by atoms with Crippen molar-refractivity contribution in [1.29, 1.82) is 0 Å². The van der Waals surface area contributed by atoms with Crippen molar-refractivity contribution in [3.63, 3.8) is 0 Å². The van der Waals surface area contributed by atoms with Crippen molar-refractivity contribution in [2.75, 3.05) is 10.2 Å². The molecule has 1 saturated heterocycles. The Hall–Kier alpha value is -5.55. The number of halogens is 2. The maximum absolute atomic E-state index is 13.4. The quantitative estimate of drug-likeness (QED) is 0.0847. The first-order chi connectivity index (χ1) is 24.2. The first kappa shape index (κ1) is 34.3. The van der Waals surface area contributed by atoms with Crippen LogP contribution in [0.2, 0.25) is 10.0 Å². The molecular formula is C38H27Cl2N5O4S. The van der Waals surface area contributed by atoms with E-state index in [9.17, 15) is 19.2 Å². The second-order valence-electron chi connectivity index (χ2n) is 10.9. The van der Waals surface area contributed by atoms with E-state index < -0.39 is 17.1 Å². The molecule has 12 heteroatoms. The van der Waals surface area contributed by atoms with Crippen LogP contribution in [0, 0.1) is 0 Å². The maximum atomic E-state index is 13.4. The van der Waals surface area contributed by atoms with Crippen molar-refractivity contribution in [2.24, 2.45) is 10.2 Å². The summed E-state index contributed by atoms with van der Waals surface area (Å²) in [6, 6.07) is 36.3. The summed E-state index contributed by atoms with van der Waals surface area (Å²) >= 11 is 13.8. The van der Waals surface area contributed by atoms with Crippen LogP contribution in [0.5, 0.6) is 0 Å². The molecule has 1 heterocycles. The Bertz CT molecular complexity index is 2110. The fraction of sp³-hybridized carbons (Fsp3) is 0.0526. The minimum Gasteiger partial charge on any atom is -0.321 e. The Labute approximate surface area is 302 Å². The Kier molecular flexibility index (Phi) is 10.8. The molecule has 0 bridgehead atoms. The van der Waals surface area contributed by atoms with E-state index in [1.807, 2.05) is 30.3 Å². The van der Waals surface area contributed by atoms with Gasteiger partial charge in [-0.1, -0.05) is 71.7 Å². The highest BCUT2D eigenvalue weighted by molar-refractivity contribution is 8.00. The van der Waals surface area contributed by atoms with E-state index in [0.29, 0.717) is 38.9 Å². The SMILES string of the molecule is O=C(Nc1ccc(SC2CC(=O)N(c3ccc(N=Nc4ccccc4)cc3)C2=O)cc1)/C(=C/c1cccc(Cl)c1Cl)NC(=O)c1ccccc1. The second kappa shape index (κ2) is 15.8. The molecule has 9 nitrogen and oxygen atoms in total. The molecular weight excluding hydrogens is 693 g/mol. The number of anilines is 2. The summed E-state index contributed by atoms with van der Waals surface area (Å²) in [5, 5.41) is 13.8. The molecule has 2 N–H and O–H groups in total. The van der Waals surface area contributed by atoms with Gasteiger partial charge < -0.3 is 10.6 Å². The van der Waals surface area contributed by atoms with Crippen LogP contribution in [0.4, 0.5) is 22.7 Å². The number of rotatable bonds is 10. The Morgan fingerprint density at radius 2 is 1.40 bits per heavy atom. The molecule has 1 fully saturated rings. The molecule has 1 aliphatic heterocycles. The zero-order chi connectivity index (χ0) is 35.0. The summed E-state index contributed by atoms with van der Waals surface area (Å²) in [7, 11) is 0. The predicted molar refractivity (Wildman–Crippen MR) is 197 cm³/mol. The van der Waals surface area contributed by atoms with Crippen LogP contribution in [0.1, 0.15) is 22.3 Å². The highest BCUT2D eigenvalue weighted by Gasteiger charge is 2.40. The van der Waals surface area contributed by atoms with E-state index in [-0.39, 0.29) is 29.0 Å². The van der Waals surface area contributed by atoms with Crippen LogP contribution >= 0.6 is 35.0 Å². The summed E-state index contributed by atoms with van der Waals surface area (Å²) in [5.74, 6) is -1.69. The lowest BCUT2D eigenvalue weighted by molar-refractivity contribution is -0.121. The van der Waals surface area contributed by atoms with Crippen LogP contribution in [-0.4, -0.2) is 28.9 Å². The Morgan fingerprint density at radius 1 is 0.760 bits per heavy atom. The Morgan fingerprint density at radius 3 is 2.08 bits per heavy atom. The lowest BCUT2D eigenvalue weighted by Gasteiger charge is -2.15. The van der Waals surface area contributed by atoms with E-state index >= 15 is 0 Å². The fourth-order valence-corrected chi connectivity index (χ4v) is 6.37. The lowest BCUT2D eigenvalue weighted by atomic mass is 10.1.